The minimum Gasteiger partial charge on any atom is -0.333 e. The predicted octanol–water partition coefficient (Wildman–Crippen LogP) is 4.46. The lowest BCUT2D eigenvalue weighted by Gasteiger charge is -2.25. The van der Waals surface area contributed by atoms with Gasteiger partial charge in [-0.1, -0.05) is 38.1 Å². The lowest BCUT2D eigenvalue weighted by molar-refractivity contribution is -0.120. The number of amides is 1. The van der Waals surface area contributed by atoms with E-state index in [0.717, 1.165) is 31.8 Å². The normalized spacial score (nSPS) is 16.4. The molecular weight excluding hydrogens is 308 g/mol. The third-order valence-electron chi connectivity index (χ3n) is 5.54. The van der Waals surface area contributed by atoms with Gasteiger partial charge in [0.15, 0.2) is 0 Å². The lowest BCUT2D eigenvalue weighted by Crippen LogP contribution is -2.27. The molecule has 25 heavy (non-hydrogen) atoms. The summed E-state index contributed by atoms with van der Waals surface area (Å²) in [7, 11) is 0. The summed E-state index contributed by atoms with van der Waals surface area (Å²) in [6.45, 7) is 10.4. The van der Waals surface area contributed by atoms with Gasteiger partial charge in [0.25, 0.3) is 0 Å². The maximum absolute atomic E-state index is 11.5. The van der Waals surface area contributed by atoms with E-state index in [1.807, 2.05) is 0 Å². The molecule has 2 N–H and O–H groups in total. The Bertz CT molecular complexity index is 561. The molecule has 3 nitrogen and oxygen atoms in total. The van der Waals surface area contributed by atoms with Crippen LogP contribution >= 0.6 is 0 Å². The molecule has 2 rings (SSSR count). The molecule has 0 spiro atoms. The van der Waals surface area contributed by atoms with E-state index in [1.54, 1.807) is 5.56 Å². The Kier molecular flexibility index (Phi) is 8.20. The van der Waals surface area contributed by atoms with Crippen LogP contribution in [0.25, 0.3) is 0 Å². The molecular formula is C22H34N2O. The first-order valence-electron chi connectivity index (χ1n) is 9.81. The van der Waals surface area contributed by atoms with Gasteiger partial charge in [-0.2, -0.15) is 0 Å². The minimum absolute atomic E-state index is 0.0763. The van der Waals surface area contributed by atoms with E-state index in [-0.39, 0.29) is 5.91 Å². The first kappa shape index (κ1) is 19.7. The summed E-state index contributed by atoms with van der Waals surface area (Å²) in [6.07, 6.45) is 9.05. The standard InChI is InChI=1S/C22H34N2O/c1-4-24-22(25)12-11-17(2)7-5-8-19-9-6-10-21(18(19)3)20-13-15-23-16-14-20/h4,6,9-10,17,20,23H,1,5,7-8,11-16H2,2-3H3,(H,24,25). The fraction of sp³-hybridized carbons (Fsp3) is 0.591. The molecule has 0 aromatic heterocycles. The van der Waals surface area contributed by atoms with E-state index in [9.17, 15) is 4.79 Å². The van der Waals surface area contributed by atoms with E-state index in [1.165, 1.54) is 43.0 Å². The van der Waals surface area contributed by atoms with Crippen molar-refractivity contribution < 1.29 is 4.79 Å². The van der Waals surface area contributed by atoms with E-state index in [0.29, 0.717) is 12.3 Å². The van der Waals surface area contributed by atoms with Crippen LogP contribution in [0.3, 0.4) is 0 Å². The number of carbonyl (C=O) groups is 1. The van der Waals surface area contributed by atoms with Crippen molar-refractivity contribution in [1.82, 2.24) is 10.6 Å². The highest BCUT2D eigenvalue weighted by Crippen LogP contribution is 2.30. The number of rotatable bonds is 9. The SMILES string of the molecule is C=CNC(=O)CCC(C)CCCc1cccc(C2CCNCC2)c1C. The molecule has 138 valence electrons. The second-order valence-corrected chi connectivity index (χ2v) is 7.46. The third kappa shape index (κ3) is 6.32. The van der Waals surface area contributed by atoms with Crippen LogP contribution in [0.4, 0.5) is 0 Å². The van der Waals surface area contributed by atoms with Crippen molar-refractivity contribution in [3.8, 4) is 0 Å². The first-order valence-corrected chi connectivity index (χ1v) is 9.81. The monoisotopic (exact) mass is 342 g/mol. The van der Waals surface area contributed by atoms with Crippen molar-refractivity contribution in [2.75, 3.05) is 13.1 Å². The summed E-state index contributed by atoms with van der Waals surface area (Å²) in [5.41, 5.74) is 4.58. The fourth-order valence-electron chi connectivity index (χ4n) is 3.90. The van der Waals surface area contributed by atoms with Crippen LogP contribution in [-0.4, -0.2) is 19.0 Å². The van der Waals surface area contributed by atoms with Gasteiger partial charge in [0.05, 0.1) is 0 Å². The van der Waals surface area contributed by atoms with E-state index < -0.39 is 0 Å². The van der Waals surface area contributed by atoms with E-state index in [4.69, 9.17) is 0 Å². The highest BCUT2D eigenvalue weighted by molar-refractivity contribution is 5.76. The summed E-state index contributed by atoms with van der Waals surface area (Å²) in [5, 5.41) is 6.11. The predicted molar refractivity (Wildman–Crippen MR) is 106 cm³/mol. The van der Waals surface area contributed by atoms with Gasteiger partial charge in [0.2, 0.25) is 5.91 Å². The molecule has 1 aromatic rings. The number of hydrogen-bond acceptors (Lipinski definition) is 2. The highest BCUT2D eigenvalue weighted by atomic mass is 16.1. The average molecular weight is 343 g/mol. The minimum atomic E-state index is 0.0763. The number of piperidine rings is 1. The Morgan fingerprint density at radius 2 is 2.12 bits per heavy atom. The second-order valence-electron chi connectivity index (χ2n) is 7.46. The van der Waals surface area contributed by atoms with Gasteiger partial charge in [-0.15, -0.1) is 0 Å². The molecule has 0 saturated carbocycles. The molecule has 1 aliphatic heterocycles. The second kappa shape index (κ2) is 10.4. The maximum Gasteiger partial charge on any atom is 0.223 e. The van der Waals surface area contributed by atoms with E-state index >= 15 is 0 Å². The van der Waals surface area contributed by atoms with Crippen molar-refractivity contribution in [3.63, 3.8) is 0 Å². The van der Waals surface area contributed by atoms with Gasteiger partial charge >= 0.3 is 0 Å². The van der Waals surface area contributed by atoms with Crippen LogP contribution in [0, 0.1) is 12.8 Å². The molecule has 1 fully saturated rings. The Balaban J connectivity index is 1.80. The van der Waals surface area contributed by atoms with Gasteiger partial charge in [-0.05, 0) is 86.8 Å². The topological polar surface area (TPSA) is 41.1 Å². The van der Waals surface area contributed by atoms with Gasteiger partial charge in [-0.3, -0.25) is 4.79 Å². The van der Waals surface area contributed by atoms with Crippen LogP contribution in [0.2, 0.25) is 0 Å². The molecule has 3 heteroatoms. The molecule has 1 heterocycles. The summed E-state index contributed by atoms with van der Waals surface area (Å²) in [4.78, 5) is 11.5. The maximum atomic E-state index is 11.5. The number of benzene rings is 1. The summed E-state index contributed by atoms with van der Waals surface area (Å²) in [5.74, 6) is 1.39. The highest BCUT2D eigenvalue weighted by Gasteiger charge is 2.18. The molecule has 1 atom stereocenters. The van der Waals surface area contributed by atoms with E-state index in [2.05, 4.69) is 49.3 Å². The zero-order valence-corrected chi connectivity index (χ0v) is 15.9. The first-order chi connectivity index (χ1) is 12.1. The Hall–Kier alpha value is -1.61. The Morgan fingerprint density at radius 3 is 2.84 bits per heavy atom. The molecule has 0 aliphatic carbocycles. The average Bonchev–Trinajstić information content (AvgIpc) is 2.62. The van der Waals surface area contributed by atoms with Gasteiger partial charge in [-0.25, -0.2) is 0 Å². The molecule has 1 aromatic carbocycles. The van der Waals surface area contributed by atoms with Crippen LogP contribution in [0.1, 0.15) is 68.1 Å². The zero-order valence-electron chi connectivity index (χ0n) is 15.9. The third-order valence-corrected chi connectivity index (χ3v) is 5.54. The zero-order chi connectivity index (χ0) is 18.1. The van der Waals surface area contributed by atoms with Crippen LogP contribution in [-0.2, 0) is 11.2 Å². The Morgan fingerprint density at radius 1 is 1.36 bits per heavy atom. The summed E-state index contributed by atoms with van der Waals surface area (Å²) >= 11 is 0. The molecule has 0 radical (unpaired) electrons. The van der Waals surface area contributed by atoms with Crippen molar-refractivity contribution >= 4 is 5.91 Å². The van der Waals surface area contributed by atoms with Gasteiger partial charge in [0, 0.05) is 6.42 Å². The molecule has 1 aliphatic rings. The number of aryl methyl sites for hydroxylation is 1. The quantitative estimate of drug-likeness (QED) is 0.695. The van der Waals surface area contributed by atoms with Crippen molar-refractivity contribution in [2.24, 2.45) is 5.92 Å². The number of hydrogen-bond donors (Lipinski definition) is 2. The van der Waals surface area contributed by atoms with Gasteiger partial charge in [0.1, 0.15) is 0 Å². The number of carbonyl (C=O) groups excluding carboxylic acids is 1. The molecule has 0 bridgehead atoms. The molecule has 1 unspecified atom stereocenters. The van der Waals surface area contributed by atoms with Crippen molar-refractivity contribution in [3.05, 3.63) is 47.7 Å². The van der Waals surface area contributed by atoms with Crippen LogP contribution in [0.15, 0.2) is 31.0 Å². The smallest absolute Gasteiger partial charge is 0.223 e. The summed E-state index contributed by atoms with van der Waals surface area (Å²) < 4.78 is 0. The van der Waals surface area contributed by atoms with Crippen molar-refractivity contribution in [1.29, 1.82) is 0 Å². The molecule has 1 saturated heterocycles. The Labute approximate surface area is 153 Å². The molecule has 1 amide bonds. The van der Waals surface area contributed by atoms with Crippen molar-refractivity contribution in [2.45, 2.75) is 64.7 Å². The van der Waals surface area contributed by atoms with Crippen LogP contribution in [0.5, 0.6) is 0 Å². The van der Waals surface area contributed by atoms with Crippen LogP contribution < -0.4 is 10.6 Å². The largest absolute Gasteiger partial charge is 0.333 e. The summed E-state index contributed by atoms with van der Waals surface area (Å²) in [6, 6.07) is 6.86. The van der Waals surface area contributed by atoms with Gasteiger partial charge < -0.3 is 10.6 Å². The fourth-order valence-corrected chi connectivity index (χ4v) is 3.90. The lowest BCUT2D eigenvalue weighted by atomic mass is 9.85. The number of nitrogens with one attached hydrogen (secondary N) is 2.